The second-order valence-electron chi connectivity index (χ2n) is 8.38. The van der Waals surface area contributed by atoms with Gasteiger partial charge in [0, 0.05) is 30.4 Å². The van der Waals surface area contributed by atoms with Gasteiger partial charge < -0.3 is 19.0 Å². The van der Waals surface area contributed by atoms with Gasteiger partial charge in [-0.1, -0.05) is 0 Å². The highest BCUT2D eigenvalue weighted by Gasteiger charge is 2.32. The predicted molar refractivity (Wildman–Crippen MR) is 137 cm³/mol. The first-order chi connectivity index (χ1) is 17.5. The van der Waals surface area contributed by atoms with Crippen LogP contribution in [0, 0.1) is 13.8 Å². The maximum absolute atomic E-state index is 13.6. The van der Waals surface area contributed by atoms with E-state index in [1.54, 1.807) is 37.5 Å². The number of carbonyl (C=O) groups is 3. The number of esters is 1. The summed E-state index contributed by atoms with van der Waals surface area (Å²) in [4.78, 5) is 37.5. The Hall–Kier alpha value is -3.70. The van der Waals surface area contributed by atoms with Crippen LogP contribution in [0.3, 0.4) is 0 Å². The lowest BCUT2D eigenvalue weighted by molar-refractivity contribution is -0.114. The topological polar surface area (TPSA) is 128 Å². The number of aromatic nitrogens is 1. The number of nitrogens with zero attached hydrogens (tertiary/aromatic N) is 2. The van der Waals surface area contributed by atoms with Gasteiger partial charge in [0.15, 0.2) is 5.78 Å². The minimum absolute atomic E-state index is 0.0484. The van der Waals surface area contributed by atoms with Gasteiger partial charge in [-0.3, -0.25) is 9.59 Å². The number of Topliss-reactive ketones (excluding diaryl/α,β-unsaturated/α-hetero) is 1. The molecule has 10 nitrogen and oxygen atoms in total. The molecular weight excluding hydrogens is 498 g/mol. The van der Waals surface area contributed by atoms with E-state index in [1.165, 1.54) is 37.5 Å². The molecule has 0 unspecified atom stereocenters. The quantitative estimate of drug-likeness (QED) is 0.294. The van der Waals surface area contributed by atoms with Crippen LogP contribution >= 0.6 is 0 Å². The third kappa shape index (κ3) is 6.00. The summed E-state index contributed by atoms with van der Waals surface area (Å²) in [6.07, 6.45) is 1.42. The van der Waals surface area contributed by atoms with Crippen molar-refractivity contribution in [2.45, 2.75) is 52.6 Å². The third-order valence-electron chi connectivity index (χ3n) is 5.88. The van der Waals surface area contributed by atoms with Crippen molar-refractivity contribution in [3.8, 4) is 0 Å². The maximum atomic E-state index is 13.6. The summed E-state index contributed by atoms with van der Waals surface area (Å²) in [6, 6.07) is 8.93. The number of carbonyl (C=O) groups excluding carboxylic acids is 3. The van der Waals surface area contributed by atoms with Gasteiger partial charge in [-0.25, -0.2) is 13.2 Å². The van der Waals surface area contributed by atoms with E-state index in [1.807, 2.05) is 6.92 Å². The number of furan rings is 1. The Bertz CT molecular complexity index is 1390. The zero-order valence-electron chi connectivity index (χ0n) is 21.5. The largest absolute Gasteiger partial charge is 0.468 e. The van der Waals surface area contributed by atoms with E-state index in [2.05, 4.69) is 5.32 Å². The van der Waals surface area contributed by atoms with E-state index < -0.39 is 28.3 Å². The average Bonchev–Trinajstić information content (AvgIpc) is 3.43. The van der Waals surface area contributed by atoms with Crippen molar-refractivity contribution in [1.29, 1.82) is 0 Å². The predicted octanol–water partition coefficient (Wildman–Crippen LogP) is 3.93. The van der Waals surface area contributed by atoms with Gasteiger partial charge in [0.05, 0.1) is 30.9 Å². The van der Waals surface area contributed by atoms with E-state index in [0.29, 0.717) is 29.2 Å². The van der Waals surface area contributed by atoms with Gasteiger partial charge in [-0.05, 0) is 69.7 Å². The lowest BCUT2D eigenvalue weighted by atomic mass is 10.1. The number of rotatable bonds is 11. The number of ketones is 1. The number of amides is 1. The first kappa shape index (κ1) is 27.9. The maximum Gasteiger partial charge on any atom is 0.355 e. The molecule has 0 saturated carbocycles. The van der Waals surface area contributed by atoms with Crippen LogP contribution in [0.1, 0.15) is 58.6 Å². The van der Waals surface area contributed by atoms with Crippen molar-refractivity contribution in [2.75, 3.05) is 18.5 Å². The Morgan fingerprint density at radius 2 is 1.76 bits per heavy atom. The van der Waals surface area contributed by atoms with Gasteiger partial charge in [0.1, 0.15) is 11.5 Å². The van der Waals surface area contributed by atoms with Gasteiger partial charge >= 0.3 is 5.97 Å². The highest BCUT2D eigenvalue weighted by atomic mass is 32.2. The number of nitrogens with one attached hydrogen (secondary N) is 1. The summed E-state index contributed by atoms with van der Waals surface area (Å²) >= 11 is 0. The van der Waals surface area contributed by atoms with Crippen molar-refractivity contribution >= 4 is 33.4 Å². The molecule has 0 aliphatic rings. The molecule has 2 heterocycles. The van der Waals surface area contributed by atoms with E-state index in [-0.39, 0.29) is 35.2 Å². The van der Waals surface area contributed by atoms with Crippen LogP contribution in [0.2, 0.25) is 0 Å². The highest BCUT2D eigenvalue weighted by molar-refractivity contribution is 7.89. The highest BCUT2D eigenvalue weighted by Crippen LogP contribution is 2.26. The molecular formula is C26H31N3O7S. The van der Waals surface area contributed by atoms with Crippen molar-refractivity contribution < 1.29 is 32.0 Å². The Labute approximate surface area is 216 Å². The first-order valence-corrected chi connectivity index (χ1v) is 13.2. The van der Waals surface area contributed by atoms with Crippen LogP contribution in [-0.4, -0.2) is 48.1 Å². The number of sulfonamides is 1. The lowest BCUT2D eigenvalue weighted by Gasteiger charge is -2.21. The molecule has 1 N–H and O–H groups in total. The monoisotopic (exact) mass is 529 g/mol. The Morgan fingerprint density at radius 1 is 1.08 bits per heavy atom. The number of anilines is 1. The fraction of sp³-hybridized carbons (Fsp3) is 0.346. The smallest absolute Gasteiger partial charge is 0.355 e. The standard InChI is InChI=1S/C26H31N3O7S/c1-6-29-18(4)24(17(3)25(29)26(32)35-7-2)23(31)16-28(15-21-9-8-14-36-21)37(33,34)22-12-10-20(11-13-22)27-19(5)30/h8-14H,6-7,15-16H2,1-5H3,(H,27,30). The summed E-state index contributed by atoms with van der Waals surface area (Å²) in [5.41, 5.74) is 2.00. The van der Waals surface area contributed by atoms with Crippen LogP contribution < -0.4 is 5.32 Å². The minimum Gasteiger partial charge on any atom is -0.468 e. The fourth-order valence-electron chi connectivity index (χ4n) is 4.27. The summed E-state index contributed by atoms with van der Waals surface area (Å²) < 4.78 is 40.5. The molecule has 11 heteroatoms. The Morgan fingerprint density at radius 3 is 2.30 bits per heavy atom. The summed E-state index contributed by atoms with van der Waals surface area (Å²) in [5.74, 6) is -0.924. The zero-order valence-corrected chi connectivity index (χ0v) is 22.3. The van der Waals surface area contributed by atoms with Gasteiger partial charge in [0.2, 0.25) is 15.9 Å². The summed E-state index contributed by atoms with van der Waals surface area (Å²) in [5, 5.41) is 2.59. The van der Waals surface area contributed by atoms with Gasteiger partial charge in [-0.2, -0.15) is 4.31 Å². The van der Waals surface area contributed by atoms with Gasteiger partial charge in [-0.15, -0.1) is 0 Å². The van der Waals surface area contributed by atoms with E-state index in [4.69, 9.17) is 9.15 Å². The van der Waals surface area contributed by atoms with Crippen LogP contribution in [0.5, 0.6) is 0 Å². The molecule has 0 aliphatic carbocycles. The van der Waals surface area contributed by atoms with Gasteiger partial charge in [0.25, 0.3) is 0 Å². The number of hydrogen-bond acceptors (Lipinski definition) is 7. The number of ether oxygens (including phenoxy) is 1. The van der Waals surface area contributed by atoms with E-state index >= 15 is 0 Å². The second-order valence-corrected chi connectivity index (χ2v) is 10.3. The molecule has 0 spiro atoms. The summed E-state index contributed by atoms with van der Waals surface area (Å²) in [6.45, 7) is 8.25. The van der Waals surface area contributed by atoms with Crippen LogP contribution in [0.25, 0.3) is 0 Å². The van der Waals surface area contributed by atoms with Crippen molar-refractivity contribution in [3.63, 3.8) is 0 Å². The van der Waals surface area contributed by atoms with Crippen LogP contribution in [0.15, 0.2) is 52.0 Å². The van der Waals surface area contributed by atoms with Crippen molar-refractivity contribution in [3.05, 3.63) is 70.9 Å². The molecule has 0 aliphatic heterocycles. The van der Waals surface area contributed by atoms with E-state index in [0.717, 1.165) is 4.31 Å². The average molecular weight is 530 g/mol. The molecule has 2 aromatic heterocycles. The number of hydrogen-bond donors (Lipinski definition) is 1. The van der Waals surface area contributed by atoms with Crippen molar-refractivity contribution in [2.24, 2.45) is 0 Å². The first-order valence-electron chi connectivity index (χ1n) is 11.8. The molecule has 198 valence electrons. The molecule has 0 radical (unpaired) electrons. The lowest BCUT2D eigenvalue weighted by Crippen LogP contribution is -2.35. The summed E-state index contributed by atoms with van der Waals surface area (Å²) in [7, 11) is -4.14. The molecule has 0 bridgehead atoms. The molecule has 1 amide bonds. The minimum atomic E-state index is -4.14. The fourth-order valence-corrected chi connectivity index (χ4v) is 5.63. The SMILES string of the molecule is CCOC(=O)c1c(C)c(C(=O)CN(Cc2ccco2)S(=O)(=O)c2ccc(NC(C)=O)cc2)c(C)n1CC. The molecule has 1 aromatic carbocycles. The van der Waals surface area contributed by atoms with Crippen LogP contribution in [0.4, 0.5) is 5.69 Å². The molecule has 0 fully saturated rings. The van der Waals surface area contributed by atoms with Crippen LogP contribution in [-0.2, 0) is 32.6 Å². The Balaban J connectivity index is 2.00. The third-order valence-corrected chi connectivity index (χ3v) is 7.68. The molecule has 3 rings (SSSR count). The molecule has 37 heavy (non-hydrogen) atoms. The molecule has 0 atom stereocenters. The normalized spacial score (nSPS) is 11.5. The second kappa shape index (κ2) is 11.6. The Kier molecular flexibility index (Phi) is 8.72. The zero-order chi connectivity index (χ0) is 27.3. The molecule has 0 saturated heterocycles. The molecule has 3 aromatic rings. The number of benzene rings is 1. The van der Waals surface area contributed by atoms with E-state index in [9.17, 15) is 22.8 Å². The van der Waals surface area contributed by atoms with Crippen molar-refractivity contribution in [1.82, 2.24) is 8.87 Å².